The highest BCUT2D eigenvalue weighted by Gasteiger charge is 2.14. The van der Waals surface area contributed by atoms with Crippen LogP contribution in [0, 0.1) is 5.82 Å². The van der Waals surface area contributed by atoms with Crippen LogP contribution in [0.4, 0.5) is 4.39 Å². The fourth-order valence-corrected chi connectivity index (χ4v) is 2.26. The van der Waals surface area contributed by atoms with Gasteiger partial charge in [-0.1, -0.05) is 24.3 Å². The SMILES string of the molecule is COc1ccc(CN(CC(=O)NCc2ccc(F)cc2)C(C)=O)cc1. The van der Waals surface area contributed by atoms with Crippen molar-refractivity contribution in [1.29, 1.82) is 0 Å². The van der Waals surface area contributed by atoms with Crippen LogP contribution in [0.1, 0.15) is 18.1 Å². The molecule has 1 N–H and O–H groups in total. The molecule has 0 bridgehead atoms. The first-order valence-corrected chi connectivity index (χ1v) is 7.87. The maximum atomic E-state index is 12.9. The molecule has 0 saturated carbocycles. The van der Waals surface area contributed by atoms with Crippen molar-refractivity contribution in [2.75, 3.05) is 13.7 Å². The van der Waals surface area contributed by atoms with Crippen molar-refractivity contribution >= 4 is 11.8 Å². The molecule has 0 aliphatic rings. The Morgan fingerprint density at radius 2 is 1.64 bits per heavy atom. The second-order valence-corrected chi connectivity index (χ2v) is 5.63. The number of amides is 2. The fraction of sp³-hybridized carbons (Fsp3) is 0.263. The van der Waals surface area contributed by atoms with Gasteiger partial charge in [0.2, 0.25) is 11.8 Å². The average molecular weight is 344 g/mol. The molecule has 2 aromatic carbocycles. The minimum atomic E-state index is -0.322. The van der Waals surface area contributed by atoms with Crippen molar-refractivity contribution in [1.82, 2.24) is 10.2 Å². The van der Waals surface area contributed by atoms with Crippen LogP contribution < -0.4 is 10.1 Å². The molecular formula is C19H21FN2O3. The summed E-state index contributed by atoms with van der Waals surface area (Å²) in [6, 6.07) is 13.2. The number of halogens is 1. The lowest BCUT2D eigenvalue weighted by Gasteiger charge is -2.21. The van der Waals surface area contributed by atoms with Gasteiger partial charge in [-0.2, -0.15) is 0 Å². The van der Waals surface area contributed by atoms with Crippen molar-refractivity contribution < 1.29 is 18.7 Å². The normalized spacial score (nSPS) is 10.2. The second kappa shape index (κ2) is 8.82. The zero-order chi connectivity index (χ0) is 18.2. The molecule has 0 aromatic heterocycles. The summed E-state index contributed by atoms with van der Waals surface area (Å²) in [5.74, 6) is -0.0479. The van der Waals surface area contributed by atoms with Crippen LogP contribution in [0.25, 0.3) is 0 Å². The number of methoxy groups -OCH3 is 1. The number of ether oxygens (including phenoxy) is 1. The van der Waals surface area contributed by atoms with Gasteiger partial charge in [0.05, 0.1) is 13.7 Å². The van der Waals surface area contributed by atoms with Crippen LogP contribution >= 0.6 is 0 Å². The molecule has 0 spiro atoms. The molecule has 25 heavy (non-hydrogen) atoms. The van der Waals surface area contributed by atoms with Gasteiger partial charge in [0.15, 0.2) is 0 Å². The maximum Gasteiger partial charge on any atom is 0.239 e. The number of carbonyl (C=O) groups excluding carboxylic acids is 2. The monoisotopic (exact) mass is 344 g/mol. The van der Waals surface area contributed by atoms with Crippen LogP contribution in [0.15, 0.2) is 48.5 Å². The number of carbonyl (C=O) groups is 2. The molecule has 0 radical (unpaired) electrons. The standard InChI is InChI=1S/C19H21FN2O3/c1-14(23)22(12-16-5-9-18(25-2)10-6-16)13-19(24)21-11-15-3-7-17(20)8-4-15/h3-10H,11-13H2,1-2H3,(H,21,24). The van der Waals surface area contributed by atoms with E-state index >= 15 is 0 Å². The first-order chi connectivity index (χ1) is 12.0. The number of hydrogen-bond donors (Lipinski definition) is 1. The summed E-state index contributed by atoms with van der Waals surface area (Å²) in [6.45, 7) is 2.01. The number of rotatable bonds is 7. The van der Waals surface area contributed by atoms with E-state index in [-0.39, 0.29) is 30.7 Å². The highest BCUT2D eigenvalue weighted by atomic mass is 19.1. The summed E-state index contributed by atoms with van der Waals surface area (Å²) in [4.78, 5) is 25.3. The van der Waals surface area contributed by atoms with Crippen LogP contribution in [-0.2, 0) is 22.7 Å². The van der Waals surface area contributed by atoms with Crippen LogP contribution in [0.5, 0.6) is 5.75 Å². The highest BCUT2D eigenvalue weighted by Crippen LogP contribution is 2.13. The van der Waals surface area contributed by atoms with E-state index in [0.29, 0.717) is 6.54 Å². The van der Waals surface area contributed by atoms with Crippen LogP contribution in [0.3, 0.4) is 0 Å². The third-order valence-electron chi connectivity index (χ3n) is 3.72. The summed E-state index contributed by atoms with van der Waals surface area (Å²) >= 11 is 0. The zero-order valence-electron chi connectivity index (χ0n) is 14.3. The third kappa shape index (κ3) is 5.91. The Morgan fingerprint density at radius 3 is 2.20 bits per heavy atom. The van der Waals surface area contributed by atoms with Gasteiger partial charge in [-0.05, 0) is 35.4 Å². The van der Waals surface area contributed by atoms with Crippen molar-refractivity contribution in [3.63, 3.8) is 0 Å². The molecule has 5 nitrogen and oxygen atoms in total. The summed E-state index contributed by atoms with van der Waals surface area (Å²) in [5, 5.41) is 2.73. The molecule has 0 aliphatic heterocycles. The smallest absolute Gasteiger partial charge is 0.239 e. The molecular weight excluding hydrogens is 323 g/mol. The molecule has 0 heterocycles. The van der Waals surface area contributed by atoms with Crippen LogP contribution in [-0.4, -0.2) is 30.4 Å². The molecule has 2 rings (SSSR count). The van der Waals surface area contributed by atoms with Gasteiger partial charge in [-0.25, -0.2) is 4.39 Å². The molecule has 0 saturated heterocycles. The Morgan fingerprint density at radius 1 is 1.04 bits per heavy atom. The van der Waals surface area contributed by atoms with Gasteiger partial charge < -0.3 is 15.0 Å². The lowest BCUT2D eigenvalue weighted by molar-refractivity contribution is -0.135. The number of nitrogens with one attached hydrogen (secondary N) is 1. The predicted molar refractivity (Wildman–Crippen MR) is 92.3 cm³/mol. The van der Waals surface area contributed by atoms with E-state index in [2.05, 4.69) is 5.32 Å². The molecule has 2 amide bonds. The van der Waals surface area contributed by atoms with E-state index in [1.54, 1.807) is 19.2 Å². The Labute approximate surface area is 146 Å². The molecule has 0 atom stereocenters. The van der Waals surface area contributed by atoms with E-state index < -0.39 is 0 Å². The van der Waals surface area contributed by atoms with Gasteiger partial charge in [0, 0.05) is 20.0 Å². The van der Waals surface area contributed by atoms with E-state index in [9.17, 15) is 14.0 Å². The minimum absolute atomic E-state index is 0.0391. The van der Waals surface area contributed by atoms with Crippen molar-refractivity contribution in [3.8, 4) is 5.75 Å². The lowest BCUT2D eigenvalue weighted by Crippen LogP contribution is -2.39. The van der Waals surface area contributed by atoms with Crippen LogP contribution in [0.2, 0.25) is 0 Å². The van der Waals surface area contributed by atoms with Crippen molar-refractivity contribution in [2.24, 2.45) is 0 Å². The van der Waals surface area contributed by atoms with E-state index in [0.717, 1.165) is 16.9 Å². The fourth-order valence-electron chi connectivity index (χ4n) is 2.26. The third-order valence-corrected chi connectivity index (χ3v) is 3.72. The lowest BCUT2D eigenvalue weighted by atomic mass is 10.2. The average Bonchev–Trinajstić information content (AvgIpc) is 2.61. The van der Waals surface area contributed by atoms with Gasteiger partial charge in [-0.15, -0.1) is 0 Å². The number of hydrogen-bond acceptors (Lipinski definition) is 3. The van der Waals surface area contributed by atoms with Crippen molar-refractivity contribution in [2.45, 2.75) is 20.0 Å². The first kappa shape index (κ1) is 18.4. The summed E-state index contributed by atoms with van der Waals surface area (Å²) in [6.07, 6.45) is 0. The molecule has 0 aliphatic carbocycles. The minimum Gasteiger partial charge on any atom is -0.497 e. The molecule has 132 valence electrons. The highest BCUT2D eigenvalue weighted by molar-refractivity contribution is 5.83. The number of benzene rings is 2. The Bertz CT molecular complexity index is 714. The topological polar surface area (TPSA) is 58.6 Å². The van der Waals surface area contributed by atoms with E-state index in [1.807, 2.05) is 24.3 Å². The van der Waals surface area contributed by atoms with Gasteiger partial charge in [0.25, 0.3) is 0 Å². The molecule has 6 heteroatoms. The van der Waals surface area contributed by atoms with Gasteiger partial charge in [0.1, 0.15) is 11.6 Å². The Kier molecular flexibility index (Phi) is 6.51. The number of nitrogens with zero attached hydrogens (tertiary/aromatic N) is 1. The van der Waals surface area contributed by atoms with Crippen molar-refractivity contribution in [3.05, 3.63) is 65.5 Å². The van der Waals surface area contributed by atoms with Gasteiger partial charge in [-0.3, -0.25) is 9.59 Å². The molecule has 0 fully saturated rings. The quantitative estimate of drug-likeness (QED) is 0.840. The Hall–Kier alpha value is -2.89. The summed E-state index contributed by atoms with van der Waals surface area (Å²) < 4.78 is 18.0. The first-order valence-electron chi connectivity index (χ1n) is 7.87. The van der Waals surface area contributed by atoms with Gasteiger partial charge >= 0.3 is 0 Å². The summed E-state index contributed by atoms with van der Waals surface area (Å²) in [7, 11) is 1.59. The van der Waals surface area contributed by atoms with E-state index in [4.69, 9.17) is 4.74 Å². The molecule has 2 aromatic rings. The summed E-state index contributed by atoms with van der Waals surface area (Å²) in [5.41, 5.74) is 1.70. The predicted octanol–water partition coefficient (Wildman–Crippen LogP) is 2.50. The zero-order valence-corrected chi connectivity index (χ0v) is 14.3. The maximum absolute atomic E-state index is 12.9. The van der Waals surface area contributed by atoms with E-state index in [1.165, 1.54) is 24.0 Å². The Balaban J connectivity index is 1.89. The largest absolute Gasteiger partial charge is 0.497 e. The second-order valence-electron chi connectivity index (χ2n) is 5.63. The molecule has 0 unspecified atom stereocenters.